The second-order valence-electron chi connectivity index (χ2n) is 4.00. The van der Waals surface area contributed by atoms with E-state index in [2.05, 4.69) is 4.98 Å². The molecule has 2 heterocycles. The van der Waals surface area contributed by atoms with E-state index in [-0.39, 0.29) is 5.69 Å². The van der Waals surface area contributed by atoms with Crippen molar-refractivity contribution in [3.8, 4) is 11.1 Å². The Labute approximate surface area is 107 Å². The lowest BCUT2D eigenvalue weighted by molar-refractivity contribution is 0.633. The van der Waals surface area contributed by atoms with Gasteiger partial charge in [-0.1, -0.05) is 6.07 Å². The van der Waals surface area contributed by atoms with Gasteiger partial charge in [0, 0.05) is 22.5 Å². The van der Waals surface area contributed by atoms with Crippen LogP contribution in [0.3, 0.4) is 0 Å². The summed E-state index contributed by atoms with van der Waals surface area (Å²) in [5, 5.41) is 2.75. The molecule has 0 aliphatic heterocycles. The van der Waals surface area contributed by atoms with Crippen LogP contribution >= 0.6 is 11.3 Å². The van der Waals surface area contributed by atoms with E-state index in [0.29, 0.717) is 5.69 Å². The summed E-state index contributed by atoms with van der Waals surface area (Å²) in [7, 11) is 0. The van der Waals surface area contributed by atoms with Crippen molar-refractivity contribution in [2.24, 2.45) is 0 Å². The number of thiophene rings is 1. The average molecular weight is 259 g/mol. The van der Waals surface area contributed by atoms with Crippen molar-refractivity contribution in [1.29, 1.82) is 0 Å². The Bertz CT molecular complexity index is 736. The van der Waals surface area contributed by atoms with Gasteiger partial charge >= 0.3 is 0 Å². The predicted octanol–water partition coefficient (Wildman–Crippen LogP) is 3.27. The van der Waals surface area contributed by atoms with Crippen molar-refractivity contribution in [3.63, 3.8) is 0 Å². The van der Waals surface area contributed by atoms with E-state index >= 15 is 0 Å². The van der Waals surface area contributed by atoms with E-state index in [4.69, 9.17) is 11.5 Å². The van der Waals surface area contributed by atoms with E-state index in [9.17, 15) is 4.39 Å². The van der Waals surface area contributed by atoms with E-state index in [1.807, 2.05) is 11.4 Å². The standard InChI is InChI=1S/C13H10FN3S/c14-10-4-7(1-2-11(10)15)8-3-9-12(16)6-18-13(9)17-5-8/h1-6H,15-16H2. The van der Waals surface area contributed by atoms with Crippen LogP contribution in [0, 0.1) is 5.82 Å². The van der Waals surface area contributed by atoms with Gasteiger partial charge in [0.1, 0.15) is 10.6 Å². The Hall–Kier alpha value is -2.14. The second kappa shape index (κ2) is 3.96. The van der Waals surface area contributed by atoms with Crippen molar-refractivity contribution in [1.82, 2.24) is 4.98 Å². The maximum Gasteiger partial charge on any atom is 0.146 e. The Morgan fingerprint density at radius 2 is 1.89 bits per heavy atom. The Kier molecular flexibility index (Phi) is 2.41. The molecule has 2 aromatic heterocycles. The van der Waals surface area contributed by atoms with Gasteiger partial charge < -0.3 is 11.5 Å². The molecule has 3 nitrogen and oxygen atoms in total. The van der Waals surface area contributed by atoms with Crippen molar-refractivity contribution in [3.05, 3.63) is 41.7 Å². The normalized spacial score (nSPS) is 10.9. The van der Waals surface area contributed by atoms with Crippen LogP contribution in [0.1, 0.15) is 0 Å². The number of anilines is 2. The summed E-state index contributed by atoms with van der Waals surface area (Å²) in [4.78, 5) is 5.20. The molecule has 0 amide bonds. The number of aromatic nitrogens is 1. The van der Waals surface area contributed by atoms with Crippen LogP contribution in [0.15, 0.2) is 35.8 Å². The zero-order chi connectivity index (χ0) is 12.7. The molecule has 1 aromatic carbocycles. The zero-order valence-corrected chi connectivity index (χ0v) is 10.2. The first-order valence-electron chi connectivity index (χ1n) is 5.33. The van der Waals surface area contributed by atoms with Crippen molar-refractivity contribution in [2.75, 3.05) is 11.5 Å². The molecule has 0 aliphatic rings. The topological polar surface area (TPSA) is 64.9 Å². The van der Waals surface area contributed by atoms with Crippen LogP contribution in [-0.4, -0.2) is 4.98 Å². The third kappa shape index (κ3) is 1.69. The predicted molar refractivity (Wildman–Crippen MR) is 73.8 cm³/mol. The first kappa shape index (κ1) is 11.0. The Morgan fingerprint density at radius 3 is 2.67 bits per heavy atom. The van der Waals surface area contributed by atoms with Crippen molar-refractivity contribution < 1.29 is 4.39 Å². The molecule has 3 rings (SSSR count). The number of pyridine rings is 1. The zero-order valence-electron chi connectivity index (χ0n) is 9.35. The van der Waals surface area contributed by atoms with Crippen LogP contribution in [0.2, 0.25) is 0 Å². The summed E-state index contributed by atoms with van der Waals surface area (Å²) in [6.45, 7) is 0. The van der Waals surface area contributed by atoms with Gasteiger partial charge in [-0.2, -0.15) is 0 Å². The fraction of sp³-hybridized carbons (Fsp3) is 0. The first-order chi connectivity index (χ1) is 8.65. The average Bonchev–Trinajstić information content (AvgIpc) is 2.74. The van der Waals surface area contributed by atoms with E-state index in [1.54, 1.807) is 18.3 Å². The molecule has 0 spiro atoms. The monoisotopic (exact) mass is 259 g/mol. The first-order valence-corrected chi connectivity index (χ1v) is 6.21. The SMILES string of the molecule is Nc1ccc(-c2cnc3scc(N)c3c2)cc1F. The quantitative estimate of drug-likeness (QED) is 0.659. The van der Waals surface area contributed by atoms with Gasteiger partial charge in [-0.25, -0.2) is 9.37 Å². The van der Waals surface area contributed by atoms with E-state index in [1.165, 1.54) is 17.4 Å². The Morgan fingerprint density at radius 1 is 1.06 bits per heavy atom. The third-order valence-corrected chi connectivity index (χ3v) is 3.71. The molecule has 3 aromatic rings. The van der Waals surface area contributed by atoms with Gasteiger partial charge in [-0.05, 0) is 23.8 Å². The largest absolute Gasteiger partial charge is 0.398 e. The molecule has 4 N–H and O–H groups in total. The minimum absolute atomic E-state index is 0.142. The van der Waals surface area contributed by atoms with Crippen molar-refractivity contribution in [2.45, 2.75) is 0 Å². The van der Waals surface area contributed by atoms with Gasteiger partial charge in [0.15, 0.2) is 0 Å². The van der Waals surface area contributed by atoms with Crippen LogP contribution < -0.4 is 11.5 Å². The van der Waals surface area contributed by atoms with Crippen LogP contribution in [0.4, 0.5) is 15.8 Å². The molecule has 0 atom stereocenters. The van der Waals surface area contributed by atoms with Gasteiger partial charge in [0.05, 0.1) is 11.4 Å². The molecule has 90 valence electrons. The van der Waals surface area contributed by atoms with Gasteiger partial charge in [-0.3, -0.25) is 0 Å². The van der Waals surface area contributed by atoms with Crippen LogP contribution in [-0.2, 0) is 0 Å². The molecule has 18 heavy (non-hydrogen) atoms. The molecule has 0 aliphatic carbocycles. The third-order valence-electron chi connectivity index (χ3n) is 2.79. The minimum atomic E-state index is -0.425. The highest BCUT2D eigenvalue weighted by Crippen LogP contribution is 2.31. The number of rotatable bonds is 1. The van der Waals surface area contributed by atoms with Gasteiger partial charge in [-0.15, -0.1) is 11.3 Å². The maximum atomic E-state index is 13.4. The lowest BCUT2D eigenvalue weighted by Gasteiger charge is -2.03. The molecular weight excluding hydrogens is 249 g/mol. The number of hydrogen-bond donors (Lipinski definition) is 2. The molecule has 5 heteroatoms. The van der Waals surface area contributed by atoms with Crippen LogP contribution in [0.5, 0.6) is 0 Å². The number of fused-ring (bicyclic) bond motifs is 1. The minimum Gasteiger partial charge on any atom is -0.398 e. The summed E-state index contributed by atoms with van der Waals surface area (Å²) in [6.07, 6.45) is 1.71. The fourth-order valence-corrected chi connectivity index (χ4v) is 2.58. The maximum absolute atomic E-state index is 13.4. The molecule has 0 fully saturated rings. The second-order valence-corrected chi connectivity index (χ2v) is 4.86. The molecule has 0 saturated heterocycles. The summed E-state index contributed by atoms with van der Waals surface area (Å²) in [5.41, 5.74) is 13.7. The lowest BCUT2D eigenvalue weighted by Crippen LogP contribution is -1.91. The van der Waals surface area contributed by atoms with Crippen LogP contribution in [0.25, 0.3) is 21.3 Å². The highest BCUT2D eigenvalue weighted by atomic mass is 32.1. The molecule has 0 unspecified atom stereocenters. The summed E-state index contributed by atoms with van der Waals surface area (Å²) in [6, 6.07) is 6.63. The molecule has 0 saturated carbocycles. The van der Waals surface area contributed by atoms with E-state index in [0.717, 1.165) is 21.3 Å². The lowest BCUT2D eigenvalue weighted by atomic mass is 10.1. The summed E-state index contributed by atoms with van der Waals surface area (Å²) >= 11 is 1.49. The van der Waals surface area contributed by atoms with Gasteiger partial charge in [0.2, 0.25) is 0 Å². The number of nitrogens with zero attached hydrogens (tertiary/aromatic N) is 1. The number of nitrogen functional groups attached to an aromatic ring is 2. The number of benzene rings is 1. The summed E-state index contributed by atoms with van der Waals surface area (Å²) in [5.74, 6) is -0.425. The fourth-order valence-electron chi connectivity index (χ4n) is 1.80. The molecule has 0 bridgehead atoms. The highest BCUT2D eigenvalue weighted by Gasteiger charge is 2.07. The highest BCUT2D eigenvalue weighted by molar-refractivity contribution is 7.17. The number of nitrogens with two attached hydrogens (primary N) is 2. The number of halogens is 1. The molecular formula is C13H10FN3S. The smallest absolute Gasteiger partial charge is 0.146 e. The van der Waals surface area contributed by atoms with E-state index < -0.39 is 5.82 Å². The van der Waals surface area contributed by atoms with Gasteiger partial charge in [0.25, 0.3) is 0 Å². The molecule has 0 radical (unpaired) electrons. The number of hydrogen-bond acceptors (Lipinski definition) is 4. The summed E-state index contributed by atoms with van der Waals surface area (Å²) < 4.78 is 13.4. The Balaban J connectivity index is 2.18. The van der Waals surface area contributed by atoms with Crippen molar-refractivity contribution >= 4 is 32.9 Å².